The second-order valence-corrected chi connectivity index (χ2v) is 3.61. The van der Waals surface area contributed by atoms with E-state index in [-0.39, 0.29) is 11.3 Å². The van der Waals surface area contributed by atoms with Gasteiger partial charge in [0, 0.05) is 6.07 Å². The second-order valence-electron chi connectivity index (χ2n) is 3.61. The quantitative estimate of drug-likeness (QED) is 0.624. The van der Waals surface area contributed by atoms with E-state index in [1.807, 2.05) is 0 Å². The predicted octanol–water partition coefficient (Wildman–Crippen LogP) is 2.44. The van der Waals surface area contributed by atoms with Gasteiger partial charge in [0.15, 0.2) is 12.4 Å². The lowest BCUT2D eigenvalue weighted by Crippen LogP contribution is -2.10. The van der Waals surface area contributed by atoms with E-state index < -0.39 is 24.2 Å². The number of hydrogen-bond donors (Lipinski definition) is 1. The maximum absolute atomic E-state index is 13.6. The van der Waals surface area contributed by atoms with Gasteiger partial charge in [-0.1, -0.05) is 13.5 Å². The lowest BCUT2D eigenvalue weighted by Gasteiger charge is -2.07. The molecule has 1 aromatic rings. The fraction of sp³-hybridized carbons (Fsp3) is 0.231. The minimum Gasteiger partial charge on any atom is -0.482 e. The van der Waals surface area contributed by atoms with Crippen LogP contribution in [0.1, 0.15) is 23.7 Å². The van der Waals surface area contributed by atoms with Gasteiger partial charge in [0.25, 0.3) is 0 Å². The van der Waals surface area contributed by atoms with Gasteiger partial charge in [-0.3, -0.25) is 4.79 Å². The van der Waals surface area contributed by atoms with Gasteiger partial charge in [-0.05, 0) is 24.1 Å². The van der Waals surface area contributed by atoms with Crippen LogP contribution < -0.4 is 4.74 Å². The van der Waals surface area contributed by atoms with Crippen LogP contribution in [-0.4, -0.2) is 23.5 Å². The normalized spacial score (nSPS) is 9.89. The first-order chi connectivity index (χ1) is 8.45. The summed E-state index contributed by atoms with van der Waals surface area (Å²) < 4.78 is 18.4. The molecule has 5 heteroatoms. The highest BCUT2D eigenvalue weighted by molar-refractivity contribution is 6.08. The number of Topliss-reactive ketones (excluding diaryl/α,β-unsaturated/α-hetero) is 1. The monoisotopic (exact) mass is 252 g/mol. The molecule has 0 bridgehead atoms. The van der Waals surface area contributed by atoms with Crippen LogP contribution in [0.5, 0.6) is 5.75 Å². The van der Waals surface area contributed by atoms with Gasteiger partial charge < -0.3 is 9.84 Å². The predicted molar refractivity (Wildman–Crippen MR) is 63.3 cm³/mol. The van der Waals surface area contributed by atoms with Gasteiger partial charge >= 0.3 is 5.97 Å². The number of halogens is 1. The Morgan fingerprint density at radius 2 is 2.11 bits per heavy atom. The van der Waals surface area contributed by atoms with Gasteiger partial charge in [-0.25, -0.2) is 9.18 Å². The number of rotatable bonds is 6. The fourth-order valence-corrected chi connectivity index (χ4v) is 1.27. The Morgan fingerprint density at radius 3 is 2.61 bits per heavy atom. The van der Waals surface area contributed by atoms with Crippen LogP contribution in [0.25, 0.3) is 0 Å². The van der Waals surface area contributed by atoms with Crippen molar-refractivity contribution in [2.45, 2.75) is 13.3 Å². The minimum absolute atomic E-state index is 0.0635. The van der Waals surface area contributed by atoms with E-state index in [1.165, 1.54) is 12.1 Å². The average Bonchev–Trinajstić information content (AvgIpc) is 2.34. The molecular formula is C13H13FO4. The lowest BCUT2D eigenvalue weighted by molar-refractivity contribution is -0.139. The van der Waals surface area contributed by atoms with Gasteiger partial charge in [-0.2, -0.15) is 0 Å². The molecule has 96 valence electrons. The standard InChI is InChI=1S/C13H13FO4/c1-3-8(2)13(17)10-5-4-9(6-11(10)14)18-7-12(15)16/h4-6H,2-3,7H2,1H3,(H,15,16). The van der Waals surface area contributed by atoms with E-state index in [4.69, 9.17) is 9.84 Å². The smallest absolute Gasteiger partial charge is 0.341 e. The van der Waals surface area contributed by atoms with E-state index in [0.29, 0.717) is 12.0 Å². The third-order valence-corrected chi connectivity index (χ3v) is 2.30. The second kappa shape index (κ2) is 5.95. The number of carboxylic acid groups (broad SMARTS) is 1. The molecule has 0 spiro atoms. The van der Waals surface area contributed by atoms with Crippen LogP contribution in [-0.2, 0) is 4.79 Å². The molecule has 0 aliphatic heterocycles. The molecule has 0 saturated carbocycles. The maximum Gasteiger partial charge on any atom is 0.341 e. The SMILES string of the molecule is C=C(CC)C(=O)c1ccc(OCC(=O)O)cc1F. The van der Waals surface area contributed by atoms with Crippen molar-refractivity contribution >= 4 is 11.8 Å². The average molecular weight is 252 g/mol. The molecule has 0 heterocycles. The number of allylic oxidation sites excluding steroid dienone is 1. The van der Waals surface area contributed by atoms with Crippen molar-refractivity contribution in [1.29, 1.82) is 0 Å². The molecule has 4 nitrogen and oxygen atoms in total. The number of carbonyl (C=O) groups excluding carboxylic acids is 1. The summed E-state index contributed by atoms with van der Waals surface area (Å²) in [5.74, 6) is -2.30. The number of carboxylic acids is 1. The summed E-state index contributed by atoms with van der Waals surface area (Å²) in [5, 5.41) is 8.41. The molecule has 0 aliphatic carbocycles. The van der Waals surface area contributed by atoms with Crippen LogP contribution in [0.3, 0.4) is 0 Å². The zero-order chi connectivity index (χ0) is 13.7. The molecule has 0 amide bonds. The highest BCUT2D eigenvalue weighted by Gasteiger charge is 2.14. The summed E-state index contributed by atoms with van der Waals surface area (Å²) in [4.78, 5) is 22.0. The van der Waals surface area contributed by atoms with Crippen LogP contribution in [0, 0.1) is 5.82 Å². The van der Waals surface area contributed by atoms with Gasteiger partial charge in [-0.15, -0.1) is 0 Å². The van der Waals surface area contributed by atoms with Crippen LogP contribution >= 0.6 is 0 Å². The molecule has 0 aromatic heterocycles. The number of aliphatic carboxylic acids is 1. The van der Waals surface area contributed by atoms with Crippen molar-refractivity contribution in [1.82, 2.24) is 0 Å². The Bertz CT molecular complexity index is 494. The zero-order valence-corrected chi connectivity index (χ0v) is 9.90. The number of ether oxygens (including phenoxy) is 1. The molecule has 0 fully saturated rings. The Balaban J connectivity index is 2.89. The molecule has 0 saturated heterocycles. The highest BCUT2D eigenvalue weighted by atomic mass is 19.1. The minimum atomic E-state index is -1.16. The van der Waals surface area contributed by atoms with Crippen LogP contribution in [0.2, 0.25) is 0 Å². The zero-order valence-electron chi connectivity index (χ0n) is 9.90. The van der Waals surface area contributed by atoms with Crippen molar-refractivity contribution in [3.8, 4) is 5.75 Å². The third-order valence-electron chi connectivity index (χ3n) is 2.30. The number of hydrogen-bond acceptors (Lipinski definition) is 3. The summed E-state index contributed by atoms with van der Waals surface area (Å²) in [6, 6.07) is 3.59. The van der Waals surface area contributed by atoms with Crippen LogP contribution in [0.15, 0.2) is 30.4 Å². The lowest BCUT2D eigenvalue weighted by atomic mass is 10.0. The van der Waals surface area contributed by atoms with Crippen molar-refractivity contribution in [2.24, 2.45) is 0 Å². The molecule has 0 atom stereocenters. The number of ketones is 1. The number of benzene rings is 1. The molecule has 1 rings (SSSR count). The third kappa shape index (κ3) is 3.41. The van der Waals surface area contributed by atoms with Crippen molar-refractivity contribution in [2.75, 3.05) is 6.61 Å². The number of carbonyl (C=O) groups is 2. The first-order valence-corrected chi connectivity index (χ1v) is 5.32. The maximum atomic E-state index is 13.6. The first-order valence-electron chi connectivity index (χ1n) is 5.32. The molecule has 0 aliphatic rings. The van der Waals surface area contributed by atoms with E-state index >= 15 is 0 Å². The Hall–Kier alpha value is -2.17. The Morgan fingerprint density at radius 1 is 1.44 bits per heavy atom. The van der Waals surface area contributed by atoms with Crippen molar-refractivity contribution < 1.29 is 23.8 Å². The largest absolute Gasteiger partial charge is 0.482 e. The summed E-state index contributed by atoms with van der Waals surface area (Å²) in [6.45, 7) is 4.74. The van der Waals surface area contributed by atoms with E-state index in [1.54, 1.807) is 6.92 Å². The first kappa shape index (κ1) is 13.9. The molecule has 1 aromatic carbocycles. The van der Waals surface area contributed by atoms with E-state index in [2.05, 4.69) is 6.58 Å². The summed E-state index contributed by atoms with van der Waals surface area (Å²) in [5.41, 5.74) is 0.220. The summed E-state index contributed by atoms with van der Waals surface area (Å²) in [7, 11) is 0. The molecule has 1 N–H and O–H groups in total. The summed E-state index contributed by atoms with van der Waals surface area (Å²) in [6.07, 6.45) is 0.440. The summed E-state index contributed by atoms with van der Waals surface area (Å²) >= 11 is 0. The van der Waals surface area contributed by atoms with Gasteiger partial charge in [0.2, 0.25) is 0 Å². The van der Waals surface area contributed by atoms with Gasteiger partial charge in [0.05, 0.1) is 5.56 Å². The van der Waals surface area contributed by atoms with Crippen molar-refractivity contribution in [3.05, 3.63) is 41.7 Å². The Kier molecular flexibility index (Phi) is 4.59. The van der Waals surface area contributed by atoms with Crippen LogP contribution in [0.4, 0.5) is 4.39 Å². The highest BCUT2D eigenvalue weighted by Crippen LogP contribution is 2.19. The Labute approximate surface area is 104 Å². The molecule has 0 radical (unpaired) electrons. The van der Waals surface area contributed by atoms with E-state index in [0.717, 1.165) is 6.07 Å². The fourth-order valence-electron chi connectivity index (χ4n) is 1.27. The topological polar surface area (TPSA) is 63.6 Å². The molecule has 18 heavy (non-hydrogen) atoms. The molecular weight excluding hydrogens is 239 g/mol. The van der Waals surface area contributed by atoms with Gasteiger partial charge in [0.1, 0.15) is 11.6 Å². The molecule has 0 unspecified atom stereocenters. The van der Waals surface area contributed by atoms with E-state index in [9.17, 15) is 14.0 Å². The van der Waals surface area contributed by atoms with Crippen molar-refractivity contribution in [3.63, 3.8) is 0 Å².